The molecule has 0 bridgehead atoms. The zero-order chi connectivity index (χ0) is 13.9. The first-order valence-corrected chi connectivity index (χ1v) is 8.95. The fourth-order valence-corrected chi connectivity index (χ4v) is 5.12. The molecule has 1 saturated heterocycles. The fourth-order valence-electron chi connectivity index (χ4n) is 2.34. The highest BCUT2D eigenvalue weighted by molar-refractivity contribution is 7.89. The van der Waals surface area contributed by atoms with E-state index in [0.717, 1.165) is 24.3 Å². The van der Waals surface area contributed by atoms with Crippen molar-refractivity contribution in [2.45, 2.75) is 38.3 Å². The average molecular weight is 304 g/mol. The van der Waals surface area contributed by atoms with Gasteiger partial charge < -0.3 is 4.74 Å². The zero-order valence-electron chi connectivity index (χ0n) is 11.3. The zero-order valence-corrected chi connectivity index (χ0v) is 12.9. The van der Waals surface area contributed by atoms with Crippen molar-refractivity contribution in [3.8, 4) is 0 Å². The Bertz CT molecular complexity index is 487. The van der Waals surface area contributed by atoms with Crippen LogP contribution in [0.25, 0.3) is 0 Å². The monoisotopic (exact) mass is 304 g/mol. The van der Waals surface area contributed by atoms with Gasteiger partial charge in [0.15, 0.2) is 0 Å². The lowest BCUT2D eigenvalue weighted by Gasteiger charge is -2.34. The maximum atomic E-state index is 12.5. The van der Waals surface area contributed by atoms with E-state index in [9.17, 15) is 8.42 Å². The lowest BCUT2D eigenvalue weighted by Crippen LogP contribution is -2.41. The maximum absolute atomic E-state index is 12.5. The summed E-state index contributed by atoms with van der Waals surface area (Å²) in [5.41, 5.74) is 0. The number of aromatic nitrogens is 1. The molecule has 0 spiro atoms. The summed E-state index contributed by atoms with van der Waals surface area (Å²) in [6.45, 7) is 2.36. The molecule has 0 aliphatic carbocycles. The molecule has 0 saturated carbocycles. The number of methoxy groups -OCH3 is 1. The molecule has 2 atom stereocenters. The molecule has 2 heterocycles. The second-order valence-electron chi connectivity index (χ2n) is 4.82. The van der Waals surface area contributed by atoms with Crippen LogP contribution < -0.4 is 0 Å². The standard InChI is InChI=1S/C12H20N2O3S2/c1-10(17-2)9-19(15,16)14-7-4-3-5-11(14)12-13-6-8-18-12/h6,8,10-11H,3-5,7,9H2,1-2H3/t10-,11+/m1/s1. The van der Waals surface area contributed by atoms with Crippen LogP contribution in [-0.4, -0.2) is 43.2 Å². The number of thiazole rings is 1. The summed E-state index contributed by atoms with van der Waals surface area (Å²) < 4.78 is 31.7. The van der Waals surface area contributed by atoms with Gasteiger partial charge in [-0.3, -0.25) is 0 Å². The minimum Gasteiger partial charge on any atom is -0.381 e. The third kappa shape index (κ3) is 3.53. The van der Waals surface area contributed by atoms with Crippen molar-refractivity contribution in [1.29, 1.82) is 0 Å². The number of piperidine rings is 1. The Balaban J connectivity index is 2.20. The molecule has 1 fully saturated rings. The minimum atomic E-state index is -3.29. The third-order valence-electron chi connectivity index (χ3n) is 3.40. The van der Waals surface area contributed by atoms with E-state index >= 15 is 0 Å². The molecule has 1 aromatic heterocycles. The fraction of sp³-hybridized carbons (Fsp3) is 0.750. The molecule has 0 unspecified atom stereocenters. The number of hydrogen-bond acceptors (Lipinski definition) is 5. The highest BCUT2D eigenvalue weighted by atomic mass is 32.2. The lowest BCUT2D eigenvalue weighted by molar-refractivity contribution is 0.133. The Hall–Kier alpha value is -0.500. The van der Waals surface area contributed by atoms with Gasteiger partial charge in [0.25, 0.3) is 0 Å². The van der Waals surface area contributed by atoms with Crippen LogP contribution in [-0.2, 0) is 14.8 Å². The Morgan fingerprint density at radius 2 is 2.37 bits per heavy atom. The van der Waals surface area contributed by atoms with Gasteiger partial charge in [0, 0.05) is 25.2 Å². The Kier molecular flexibility index (Phi) is 4.94. The van der Waals surface area contributed by atoms with Gasteiger partial charge in [-0.15, -0.1) is 11.3 Å². The van der Waals surface area contributed by atoms with Gasteiger partial charge in [-0.05, 0) is 19.8 Å². The van der Waals surface area contributed by atoms with E-state index < -0.39 is 10.0 Å². The molecule has 0 radical (unpaired) electrons. The van der Waals surface area contributed by atoms with Gasteiger partial charge >= 0.3 is 0 Å². The minimum absolute atomic E-state index is 0.0331. The SMILES string of the molecule is CO[C@H](C)CS(=O)(=O)N1CCCC[C@H]1c1nccs1. The summed E-state index contributed by atoms with van der Waals surface area (Å²) in [5, 5.41) is 2.79. The molecular weight excluding hydrogens is 284 g/mol. The predicted octanol–water partition coefficient (Wildman–Crippen LogP) is 2.03. The Morgan fingerprint density at radius 1 is 1.58 bits per heavy atom. The van der Waals surface area contributed by atoms with Gasteiger partial charge in [0.05, 0.1) is 17.9 Å². The van der Waals surface area contributed by atoms with Crippen LogP contribution in [0.5, 0.6) is 0 Å². The molecular formula is C12H20N2O3S2. The molecule has 0 aromatic carbocycles. The van der Waals surface area contributed by atoms with Crippen LogP contribution in [0.15, 0.2) is 11.6 Å². The Labute approximate surface area is 118 Å². The van der Waals surface area contributed by atoms with E-state index in [-0.39, 0.29) is 17.9 Å². The summed E-state index contributed by atoms with van der Waals surface area (Å²) in [7, 11) is -1.76. The van der Waals surface area contributed by atoms with Crippen molar-refractivity contribution in [1.82, 2.24) is 9.29 Å². The van der Waals surface area contributed by atoms with Gasteiger partial charge in [-0.2, -0.15) is 4.31 Å². The van der Waals surface area contributed by atoms with Crippen molar-refractivity contribution < 1.29 is 13.2 Å². The van der Waals surface area contributed by atoms with Gasteiger partial charge in [0.2, 0.25) is 10.0 Å². The van der Waals surface area contributed by atoms with Crippen molar-refractivity contribution >= 4 is 21.4 Å². The van der Waals surface area contributed by atoms with E-state index in [1.807, 2.05) is 5.38 Å². The van der Waals surface area contributed by atoms with E-state index in [1.165, 1.54) is 18.4 Å². The molecule has 1 aromatic rings. The molecule has 5 nitrogen and oxygen atoms in total. The van der Waals surface area contributed by atoms with Crippen LogP contribution in [0.1, 0.15) is 37.2 Å². The molecule has 0 amide bonds. The van der Waals surface area contributed by atoms with Gasteiger partial charge in [-0.1, -0.05) is 6.42 Å². The number of ether oxygens (including phenoxy) is 1. The second kappa shape index (κ2) is 6.30. The van der Waals surface area contributed by atoms with Crippen LogP contribution >= 0.6 is 11.3 Å². The van der Waals surface area contributed by atoms with E-state index in [0.29, 0.717) is 6.54 Å². The largest absolute Gasteiger partial charge is 0.381 e. The molecule has 108 valence electrons. The lowest BCUT2D eigenvalue weighted by atomic mass is 10.1. The van der Waals surface area contributed by atoms with Gasteiger partial charge in [-0.25, -0.2) is 13.4 Å². The third-order valence-corrected chi connectivity index (χ3v) is 6.31. The summed E-state index contributed by atoms with van der Waals surface area (Å²) in [6, 6.07) is -0.0946. The predicted molar refractivity (Wildman–Crippen MR) is 75.7 cm³/mol. The van der Waals surface area contributed by atoms with E-state index in [4.69, 9.17) is 4.74 Å². The molecule has 1 aliphatic heterocycles. The van der Waals surface area contributed by atoms with Crippen LogP contribution in [0.2, 0.25) is 0 Å². The van der Waals surface area contributed by atoms with Crippen LogP contribution in [0, 0.1) is 0 Å². The van der Waals surface area contributed by atoms with Crippen molar-refractivity contribution in [2.24, 2.45) is 0 Å². The van der Waals surface area contributed by atoms with Crippen LogP contribution in [0.4, 0.5) is 0 Å². The first-order valence-electron chi connectivity index (χ1n) is 6.46. The highest BCUT2D eigenvalue weighted by Gasteiger charge is 2.35. The normalized spacial score (nSPS) is 23.4. The molecule has 19 heavy (non-hydrogen) atoms. The van der Waals surface area contributed by atoms with Gasteiger partial charge in [0.1, 0.15) is 5.01 Å². The summed E-state index contributed by atoms with van der Waals surface area (Å²) >= 11 is 1.53. The van der Waals surface area contributed by atoms with Crippen molar-refractivity contribution in [3.63, 3.8) is 0 Å². The topological polar surface area (TPSA) is 59.5 Å². The summed E-state index contributed by atoms with van der Waals surface area (Å²) in [6.07, 6.45) is 4.27. The molecule has 0 N–H and O–H groups in total. The van der Waals surface area contributed by atoms with Crippen LogP contribution in [0.3, 0.4) is 0 Å². The molecule has 7 heteroatoms. The van der Waals surface area contributed by atoms with Crippen molar-refractivity contribution in [3.05, 3.63) is 16.6 Å². The molecule has 1 aliphatic rings. The van der Waals surface area contributed by atoms with E-state index in [1.54, 1.807) is 17.4 Å². The van der Waals surface area contributed by atoms with Crippen molar-refractivity contribution in [2.75, 3.05) is 19.4 Å². The molecule has 2 rings (SSSR count). The first-order chi connectivity index (χ1) is 9.04. The average Bonchev–Trinajstić information content (AvgIpc) is 2.92. The smallest absolute Gasteiger partial charge is 0.217 e. The summed E-state index contributed by atoms with van der Waals surface area (Å²) in [5.74, 6) is 0.0331. The number of sulfonamides is 1. The second-order valence-corrected chi connectivity index (χ2v) is 7.71. The first kappa shape index (κ1) is 14.9. The number of rotatable bonds is 5. The van der Waals surface area contributed by atoms with E-state index in [2.05, 4.69) is 4.98 Å². The number of hydrogen-bond donors (Lipinski definition) is 0. The summed E-state index contributed by atoms with van der Waals surface area (Å²) in [4.78, 5) is 4.28. The number of nitrogens with zero attached hydrogens (tertiary/aromatic N) is 2. The Morgan fingerprint density at radius 3 is 3.00 bits per heavy atom. The maximum Gasteiger partial charge on any atom is 0.217 e. The highest BCUT2D eigenvalue weighted by Crippen LogP contribution is 2.34. The quantitative estimate of drug-likeness (QED) is 0.835.